The Hall–Kier alpha value is -0.910. The number of carbonyl (C=O) groups excluding carboxylic acids is 1. The van der Waals surface area contributed by atoms with Gasteiger partial charge in [0.15, 0.2) is 11.3 Å². The van der Waals surface area contributed by atoms with E-state index in [0.29, 0.717) is 0 Å². The summed E-state index contributed by atoms with van der Waals surface area (Å²) in [5.74, 6) is 0. The van der Waals surface area contributed by atoms with E-state index in [2.05, 4.69) is 9.89 Å². The molecule has 0 aromatic heterocycles. The first-order chi connectivity index (χ1) is 6.57. The van der Waals surface area contributed by atoms with Gasteiger partial charge in [-0.15, -0.1) is 0 Å². The molecule has 0 saturated carbocycles. The van der Waals surface area contributed by atoms with Crippen LogP contribution in [0.2, 0.25) is 0 Å². The predicted molar refractivity (Wildman–Crippen MR) is 57.2 cm³/mol. The molecule has 0 N–H and O–H groups in total. The minimum atomic E-state index is -0.0417. The van der Waals surface area contributed by atoms with Gasteiger partial charge in [-0.05, 0) is 6.26 Å². The maximum atomic E-state index is 11.6. The van der Waals surface area contributed by atoms with Crippen molar-refractivity contribution in [2.24, 2.45) is 4.99 Å². The molecule has 2 aliphatic heterocycles. The van der Waals surface area contributed by atoms with E-state index in [1.54, 1.807) is 28.6 Å². The van der Waals surface area contributed by atoms with Crippen LogP contribution < -0.4 is 0 Å². The largest absolute Gasteiger partial charge is 0.330 e. The van der Waals surface area contributed by atoms with Crippen LogP contribution in [0.4, 0.5) is 4.79 Å². The standard InChI is InChI=1S/C8H14N4OS/c1-10-5-6(12(3)8(10)13)11(2)7(9-5)14-4/h5-6H,1-4H3. The third-order valence-corrected chi connectivity index (χ3v) is 3.55. The summed E-state index contributed by atoms with van der Waals surface area (Å²) in [5.41, 5.74) is 0. The molecule has 78 valence electrons. The molecule has 2 atom stereocenters. The summed E-state index contributed by atoms with van der Waals surface area (Å²) in [5, 5.41) is 0.992. The Morgan fingerprint density at radius 1 is 1.21 bits per heavy atom. The number of hydrogen-bond acceptors (Lipinski definition) is 4. The number of likely N-dealkylation sites (N-methyl/N-ethyl adjacent to an activating group) is 3. The highest BCUT2D eigenvalue weighted by atomic mass is 32.2. The van der Waals surface area contributed by atoms with Gasteiger partial charge in [-0.1, -0.05) is 11.8 Å². The van der Waals surface area contributed by atoms with E-state index in [4.69, 9.17) is 0 Å². The first-order valence-electron chi connectivity index (χ1n) is 4.42. The van der Waals surface area contributed by atoms with Crippen LogP contribution in [0.1, 0.15) is 0 Å². The number of hydrogen-bond donors (Lipinski definition) is 0. The molecule has 1 saturated heterocycles. The van der Waals surface area contributed by atoms with E-state index in [0.717, 1.165) is 5.17 Å². The number of amidine groups is 1. The van der Waals surface area contributed by atoms with E-state index in [1.165, 1.54) is 0 Å². The fourth-order valence-corrected chi connectivity index (χ4v) is 2.61. The quantitative estimate of drug-likeness (QED) is 0.582. The number of thioether (sulfide) groups is 1. The summed E-state index contributed by atoms with van der Waals surface area (Å²) in [6.07, 6.45) is 2.02. The van der Waals surface area contributed by atoms with Gasteiger partial charge in [0.1, 0.15) is 6.17 Å². The molecule has 0 spiro atoms. The third-order valence-electron chi connectivity index (χ3n) is 2.79. The summed E-state index contributed by atoms with van der Waals surface area (Å²) in [7, 11) is 5.59. The highest BCUT2D eigenvalue weighted by Gasteiger charge is 2.48. The van der Waals surface area contributed by atoms with Gasteiger partial charge in [0.2, 0.25) is 0 Å². The van der Waals surface area contributed by atoms with E-state index >= 15 is 0 Å². The van der Waals surface area contributed by atoms with Crippen molar-refractivity contribution in [1.29, 1.82) is 0 Å². The van der Waals surface area contributed by atoms with Crippen LogP contribution in [0.5, 0.6) is 0 Å². The normalized spacial score (nSPS) is 31.3. The van der Waals surface area contributed by atoms with Gasteiger partial charge in [0.05, 0.1) is 0 Å². The molecule has 14 heavy (non-hydrogen) atoms. The molecule has 0 bridgehead atoms. The fraction of sp³-hybridized carbons (Fsp3) is 0.750. The molecule has 2 heterocycles. The molecule has 0 radical (unpaired) electrons. The van der Waals surface area contributed by atoms with Crippen molar-refractivity contribution in [3.8, 4) is 0 Å². The third kappa shape index (κ3) is 1.03. The second kappa shape index (κ2) is 3.05. The van der Waals surface area contributed by atoms with Gasteiger partial charge in [-0.25, -0.2) is 9.79 Å². The summed E-state index contributed by atoms with van der Waals surface area (Å²) in [6.45, 7) is 0. The molecule has 2 rings (SSSR count). The SMILES string of the molecule is CSC1=NC2C(N(C)C(=O)N2C)N1C. The number of fused-ring (bicyclic) bond motifs is 1. The maximum absolute atomic E-state index is 11.6. The molecule has 0 aliphatic carbocycles. The lowest BCUT2D eigenvalue weighted by molar-refractivity contribution is 0.182. The van der Waals surface area contributed by atoms with Gasteiger partial charge in [-0.3, -0.25) is 0 Å². The Labute approximate surface area is 87.7 Å². The number of amides is 2. The topological polar surface area (TPSA) is 39.2 Å². The molecule has 2 unspecified atom stereocenters. The zero-order valence-electron chi connectivity index (χ0n) is 8.76. The van der Waals surface area contributed by atoms with Crippen LogP contribution in [0.15, 0.2) is 4.99 Å². The Morgan fingerprint density at radius 2 is 1.86 bits per heavy atom. The van der Waals surface area contributed by atoms with Crippen LogP contribution in [0.25, 0.3) is 0 Å². The number of carbonyl (C=O) groups is 1. The molecular weight excluding hydrogens is 200 g/mol. The highest BCUT2D eigenvalue weighted by Crippen LogP contribution is 2.30. The van der Waals surface area contributed by atoms with Crippen molar-refractivity contribution in [2.45, 2.75) is 12.3 Å². The fourth-order valence-electron chi connectivity index (χ4n) is 2.00. The summed E-state index contributed by atoms with van der Waals surface area (Å²) < 4.78 is 0. The van der Waals surface area contributed by atoms with Crippen molar-refractivity contribution in [3.05, 3.63) is 0 Å². The van der Waals surface area contributed by atoms with Gasteiger partial charge in [0, 0.05) is 21.1 Å². The minimum Gasteiger partial charge on any atom is -0.330 e. The van der Waals surface area contributed by atoms with Gasteiger partial charge >= 0.3 is 6.03 Å². The lowest BCUT2D eigenvalue weighted by Gasteiger charge is -2.25. The van der Waals surface area contributed by atoms with Gasteiger partial charge in [-0.2, -0.15) is 0 Å². The van der Waals surface area contributed by atoms with E-state index in [1.807, 2.05) is 20.4 Å². The second-order valence-corrected chi connectivity index (χ2v) is 4.33. The summed E-state index contributed by atoms with van der Waals surface area (Å²) in [4.78, 5) is 21.6. The van der Waals surface area contributed by atoms with Crippen molar-refractivity contribution in [1.82, 2.24) is 14.7 Å². The molecular formula is C8H14N4OS. The Balaban J connectivity index is 2.31. The first-order valence-corrected chi connectivity index (χ1v) is 5.64. The summed E-state index contributed by atoms with van der Waals surface area (Å²) >= 11 is 1.61. The van der Waals surface area contributed by atoms with Crippen LogP contribution >= 0.6 is 11.8 Å². The second-order valence-electron chi connectivity index (χ2n) is 3.56. The van der Waals surface area contributed by atoms with Crippen molar-refractivity contribution in [2.75, 3.05) is 27.4 Å². The van der Waals surface area contributed by atoms with Crippen molar-refractivity contribution in [3.63, 3.8) is 0 Å². The number of nitrogens with zero attached hydrogens (tertiary/aromatic N) is 4. The molecule has 2 aliphatic rings. The predicted octanol–water partition coefficient (Wildman–Crippen LogP) is 0.300. The maximum Gasteiger partial charge on any atom is 0.323 e. The minimum absolute atomic E-state index is 0.0377. The Kier molecular flexibility index (Phi) is 2.10. The van der Waals surface area contributed by atoms with E-state index < -0.39 is 0 Å². The number of rotatable bonds is 0. The average Bonchev–Trinajstić information content (AvgIpc) is 2.60. The van der Waals surface area contributed by atoms with Crippen LogP contribution in [-0.2, 0) is 0 Å². The molecule has 5 nitrogen and oxygen atoms in total. The monoisotopic (exact) mass is 214 g/mol. The average molecular weight is 214 g/mol. The smallest absolute Gasteiger partial charge is 0.323 e. The van der Waals surface area contributed by atoms with Crippen LogP contribution in [0, 0.1) is 0 Å². The zero-order chi connectivity index (χ0) is 10.5. The number of urea groups is 1. The Bertz CT molecular complexity index is 306. The molecule has 1 fully saturated rings. The Morgan fingerprint density at radius 3 is 2.36 bits per heavy atom. The molecule has 6 heteroatoms. The van der Waals surface area contributed by atoms with Crippen LogP contribution in [0.3, 0.4) is 0 Å². The first kappa shape index (κ1) is 9.64. The van der Waals surface area contributed by atoms with Crippen molar-refractivity contribution < 1.29 is 4.79 Å². The van der Waals surface area contributed by atoms with Gasteiger partial charge < -0.3 is 14.7 Å². The van der Waals surface area contributed by atoms with E-state index in [9.17, 15) is 4.79 Å². The zero-order valence-corrected chi connectivity index (χ0v) is 9.58. The van der Waals surface area contributed by atoms with Crippen molar-refractivity contribution >= 4 is 23.0 Å². The molecule has 0 aromatic carbocycles. The lowest BCUT2D eigenvalue weighted by Crippen LogP contribution is -2.43. The molecule has 2 amide bonds. The number of aliphatic imine (C=N–C) groups is 1. The molecule has 0 aromatic rings. The highest BCUT2D eigenvalue weighted by molar-refractivity contribution is 8.13. The van der Waals surface area contributed by atoms with E-state index in [-0.39, 0.29) is 18.4 Å². The van der Waals surface area contributed by atoms with Gasteiger partial charge in [0.25, 0.3) is 0 Å². The summed E-state index contributed by atoms with van der Waals surface area (Å²) in [6, 6.07) is 0.0377. The van der Waals surface area contributed by atoms with Crippen LogP contribution in [-0.4, -0.2) is 65.6 Å². The lowest BCUT2D eigenvalue weighted by atomic mass is 10.4.